The van der Waals surface area contributed by atoms with Gasteiger partial charge in [-0.25, -0.2) is 4.90 Å². The molecular weight excluding hydrogens is 428 g/mol. The van der Waals surface area contributed by atoms with Crippen LogP contribution in [-0.4, -0.2) is 15.7 Å². The Labute approximate surface area is 188 Å². The van der Waals surface area contributed by atoms with Gasteiger partial charge >= 0.3 is 0 Å². The summed E-state index contributed by atoms with van der Waals surface area (Å²) in [5, 5.41) is 1.28. The lowest BCUT2D eigenvalue weighted by atomic mass is 10.1. The summed E-state index contributed by atoms with van der Waals surface area (Å²) in [6.45, 7) is 0.724. The van der Waals surface area contributed by atoms with Crippen LogP contribution < -0.4 is 4.90 Å². The molecule has 0 bridgehead atoms. The van der Waals surface area contributed by atoms with Crippen LogP contribution in [-0.2, 0) is 11.3 Å². The maximum Gasteiger partial charge on any atom is 0.298 e. The van der Waals surface area contributed by atoms with Gasteiger partial charge in [0, 0.05) is 34.2 Å². The number of benzene rings is 3. The fourth-order valence-corrected chi connectivity index (χ4v) is 4.68. The lowest BCUT2D eigenvalue weighted by Crippen LogP contribution is -2.27. The molecule has 4 nitrogen and oxygen atoms in total. The van der Waals surface area contributed by atoms with Crippen molar-refractivity contribution in [3.05, 3.63) is 106 Å². The van der Waals surface area contributed by atoms with Gasteiger partial charge in [0.1, 0.15) is 0 Å². The van der Waals surface area contributed by atoms with E-state index in [4.69, 9.17) is 11.6 Å². The second-order valence-corrected chi connectivity index (χ2v) is 8.64. The van der Waals surface area contributed by atoms with Crippen molar-refractivity contribution in [2.24, 2.45) is 0 Å². The van der Waals surface area contributed by atoms with E-state index >= 15 is 0 Å². The lowest BCUT2D eigenvalue weighted by Gasteiger charge is -2.12. The van der Waals surface area contributed by atoms with Crippen LogP contribution in [0.15, 0.2) is 90.0 Å². The molecule has 1 fully saturated rings. The summed E-state index contributed by atoms with van der Waals surface area (Å²) in [5.74, 6) is -0.322. The van der Waals surface area contributed by atoms with Gasteiger partial charge in [-0.15, -0.1) is 0 Å². The van der Waals surface area contributed by atoms with Gasteiger partial charge in [0.2, 0.25) is 0 Å². The molecule has 0 N–H and O–H groups in total. The third-order valence-electron chi connectivity index (χ3n) is 5.18. The fourth-order valence-electron chi connectivity index (χ4n) is 3.72. The van der Waals surface area contributed by atoms with Crippen LogP contribution in [0.3, 0.4) is 0 Å². The Kier molecular flexibility index (Phi) is 5.14. The normalized spacial score (nSPS) is 15.4. The van der Waals surface area contributed by atoms with Crippen LogP contribution in [0.5, 0.6) is 0 Å². The molecule has 1 aliphatic heterocycles. The summed E-state index contributed by atoms with van der Waals surface area (Å²) < 4.78 is 2.17. The van der Waals surface area contributed by atoms with Gasteiger partial charge in [0.25, 0.3) is 11.1 Å². The highest BCUT2D eigenvalue weighted by Crippen LogP contribution is 2.37. The zero-order valence-electron chi connectivity index (χ0n) is 16.4. The number of aromatic nitrogens is 1. The first-order valence-corrected chi connectivity index (χ1v) is 10.9. The molecular formula is C25H17ClN2O2S. The minimum absolute atomic E-state index is 0.313. The number of halogens is 1. The van der Waals surface area contributed by atoms with Crippen molar-refractivity contribution in [2.45, 2.75) is 6.54 Å². The van der Waals surface area contributed by atoms with E-state index in [1.807, 2.05) is 48.7 Å². The number of carbonyl (C=O) groups excluding carboxylic acids is 2. The highest BCUT2D eigenvalue weighted by Gasteiger charge is 2.36. The molecule has 1 aliphatic rings. The van der Waals surface area contributed by atoms with Crippen molar-refractivity contribution in [3.63, 3.8) is 0 Å². The number of thioether (sulfide) groups is 1. The average Bonchev–Trinajstić information content (AvgIpc) is 3.26. The van der Waals surface area contributed by atoms with E-state index in [1.54, 1.807) is 24.3 Å². The van der Waals surface area contributed by atoms with E-state index in [1.165, 1.54) is 10.5 Å². The van der Waals surface area contributed by atoms with Crippen LogP contribution in [0, 0.1) is 0 Å². The van der Waals surface area contributed by atoms with Crippen LogP contribution in [0.1, 0.15) is 11.1 Å². The van der Waals surface area contributed by atoms with Crippen molar-refractivity contribution < 1.29 is 9.59 Å². The number of anilines is 1. The summed E-state index contributed by atoms with van der Waals surface area (Å²) in [6.07, 6.45) is 3.85. The highest BCUT2D eigenvalue weighted by molar-refractivity contribution is 8.19. The highest BCUT2D eigenvalue weighted by atomic mass is 35.5. The zero-order valence-corrected chi connectivity index (χ0v) is 17.9. The summed E-state index contributed by atoms with van der Waals surface area (Å²) >= 11 is 6.89. The standard InChI is InChI=1S/C25H17ClN2O2S/c26-19-10-12-20(13-11-19)28-24(29)23(31-25(28)30)14-18-16-27(15-17-6-2-1-3-7-17)22-9-5-4-8-21(18)22/h1-14,16H,15H2/b23-14+. The molecule has 6 heteroatoms. The Balaban J connectivity index is 1.52. The number of fused-ring (bicyclic) bond motifs is 1. The lowest BCUT2D eigenvalue weighted by molar-refractivity contribution is -0.113. The van der Waals surface area contributed by atoms with Crippen LogP contribution in [0.25, 0.3) is 17.0 Å². The fraction of sp³-hybridized carbons (Fsp3) is 0.0400. The molecule has 0 atom stereocenters. The molecule has 5 rings (SSSR count). The molecule has 0 radical (unpaired) electrons. The van der Waals surface area contributed by atoms with E-state index < -0.39 is 0 Å². The van der Waals surface area contributed by atoms with E-state index in [-0.39, 0.29) is 11.1 Å². The molecule has 2 amide bonds. The van der Waals surface area contributed by atoms with Crippen LogP contribution >= 0.6 is 23.4 Å². The molecule has 0 spiro atoms. The van der Waals surface area contributed by atoms with E-state index in [0.29, 0.717) is 15.6 Å². The van der Waals surface area contributed by atoms with Crippen LogP contribution in [0.4, 0.5) is 10.5 Å². The quantitative estimate of drug-likeness (QED) is 0.334. The molecule has 0 saturated carbocycles. The minimum Gasteiger partial charge on any atom is -0.342 e. The number of carbonyl (C=O) groups is 2. The monoisotopic (exact) mass is 444 g/mol. The number of amides is 2. The second-order valence-electron chi connectivity index (χ2n) is 7.21. The van der Waals surface area contributed by atoms with Crippen molar-refractivity contribution >= 4 is 57.2 Å². The predicted octanol–water partition coefficient (Wildman–Crippen LogP) is 6.58. The van der Waals surface area contributed by atoms with Crippen LogP contribution in [0.2, 0.25) is 5.02 Å². The van der Waals surface area contributed by atoms with E-state index in [9.17, 15) is 9.59 Å². The Bertz CT molecular complexity index is 1330. The minimum atomic E-state index is -0.322. The first-order chi connectivity index (χ1) is 15.1. The van der Waals surface area contributed by atoms with E-state index in [2.05, 4.69) is 22.8 Å². The maximum absolute atomic E-state index is 13.0. The molecule has 31 heavy (non-hydrogen) atoms. The van der Waals surface area contributed by atoms with Gasteiger partial charge in [0.15, 0.2) is 0 Å². The van der Waals surface area contributed by atoms with Gasteiger partial charge < -0.3 is 4.57 Å². The van der Waals surface area contributed by atoms with Crippen molar-refractivity contribution in [3.8, 4) is 0 Å². The molecule has 0 unspecified atom stereocenters. The SMILES string of the molecule is O=C1S/C(=C/c2cn(Cc3ccccc3)c3ccccc23)C(=O)N1c1ccc(Cl)cc1. The molecule has 3 aromatic carbocycles. The van der Waals surface area contributed by atoms with Gasteiger partial charge in [-0.05, 0) is 53.7 Å². The Morgan fingerprint density at radius 3 is 2.35 bits per heavy atom. The number of nitrogens with zero attached hydrogens (tertiary/aromatic N) is 2. The number of hydrogen-bond donors (Lipinski definition) is 0. The predicted molar refractivity (Wildman–Crippen MR) is 127 cm³/mol. The van der Waals surface area contributed by atoms with E-state index in [0.717, 1.165) is 34.8 Å². The van der Waals surface area contributed by atoms with Gasteiger partial charge in [0.05, 0.1) is 10.6 Å². The molecule has 2 heterocycles. The third kappa shape index (κ3) is 3.78. The summed E-state index contributed by atoms with van der Waals surface area (Å²) in [4.78, 5) is 27.2. The van der Waals surface area contributed by atoms with Crippen molar-refractivity contribution in [1.82, 2.24) is 4.57 Å². The maximum atomic E-state index is 13.0. The Morgan fingerprint density at radius 1 is 0.871 bits per heavy atom. The molecule has 0 aliphatic carbocycles. The van der Waals surface area contributed by atoms with Crippen molar-refractivity contribution in [1.29, 1.82) is 0 Å². The zero-order chi connectivity index (χ0) is 21.4. The molecule has 4 aromatic rings. The molecule has 1 aromatic heterocycles. The van der Waals surface area contributed by atoms with Gasteiger partial charge in [-0.2, -0.15) is 0 Å². The number of rotatable bonds is 4. The first kappa shape index (κ1) is 19.7. The van der Waals surface area contributed by atoms with Crippen molar-refractivity contribution in [2.75, 3.05) is 4.90 Å². The average molecular weight is 445 g/mol. The van der Waals surface area contributed by atoms with Gasteiger partial charge in [-0.1, -0.05) is 60.1 Å². The number of imide groups is 1. The number of para-hydroxylation sites is 1. The summed E-state index contributed by atoms with van der Waals surface area (Å²) in [7, 11) is 0. The first-order valence-electron chi connectivity index (χ1n) is 9.75. The number of hydrogen-bond acceptors (Lipinski definition) is 3. The Morgan fingerprint density at radius 2 is 1.58 bits per heavy atom. The van der Waals surface area contributed by atoms with Gasteiger partial charge in [-0.3, -0.25) is 9.59 Å². The third-order valence-corrected chi connectivity index (χ3v) is 6.30. The largest absolute Gasteiger partial charge is 0.342 e. The molecule has 152 valence electrons. The smallest absolute Gasteiger partial charge is 0.298 e. The topological polar surface area (TPSA) is 42.3 Å². The Hall–Kier alpha value is -3.28. The summed E-state index contributed by atoms with van der Waals surface area (Å²) in [5.41, 5.74) is 3.70. The molecule has 1 saturated heterocycles. The summed E-state index contributed by atoms with van der Waals surface area (Å²) in [6, 6.07) is 25.0. The second kappa shape index (κ2) is 8.10.